The Morgan fingerprint density at radius 1 is 0.939 bits per heavy atom. The average molecular weight is 455 g/mol. The van der Waals surface area contributed by atoms with Crippen molar-refractivity contribution in [2.75, 3.05) is 0 Å². The van der Waals surface area contributed by atoms with Crippen LogP contribution in [0.3, 0.4) is 0 Å². The maximum absolute atomic E-state index is 10.4. The molecule has 184 valence electrons. The van der Waals surface area contributed by atoms with Crippen molar-refractivity contribution in [3.05, 3.63) is 23.8 Å². The SMILES string of the molecule is CC(C)C(C)C1(C)CC1C(C)C1CCC2C34C=CC5(CC(O)CCC5(C)C3=CCC12C)OO4. The van der Waals surface area contributed by atoms with E-state index in [0.29, 0.717) is 17.8 Å². The van der Waals surface area contributed by atoms with Crippen molar-refractivity contribution >= 4 is 0 Å². The molecule has 1 saturated heterocycles. The summed E-state index contributed by atoms with van der Waals surface area (Å²) < 4.78 is 0. The summed E-state index contributed by atoms with van der Waals surface area (Å²) in [7, 11) is 0. The van der Waals surface area contributed by atoms with E-state index in [4.69, 9.17) is 9.78 Å². The molecule has 0 aromatic carbocycles. The van der Waals surface area contributed by atoms with E-state index in [1.54, 1.807) is 0 Å². The fraction of sp³-hybridized carbons (Fsp3) is 0.867. The van der Waals surface area contributed by atoms with Crippen LogP contribution < -0.4 is 0 Å². The molecule has 7 rings (SSSR count). The summed E-state index contributed by atoms with van der Waals surface area (Å²) in [6.07, 6.45) is 14.5. The van der Waals surface area contributed by atoms with Gasteiger partial charge < -0.3 is 5.11 Å². The predicted octanol–water partition coefficient (Wildman–Crippen LogP) is 6.86. The van der Waals surface area contributed by atoms with Crippen LogP contribution in [0.5, 0.6) is 0 Å². The van der Waals surface area contributed by atoms with Crippen LogP contribution in [0.15, 0.2) is 23.8 Å². The Balaban J connectivity index is 1.33. The summed E-state index contributed by atoms with van der Waals surface area (Å²) in [5.41, 5.74) is 1.27. The van der Waals surface area contributed by atoms with Crippen molar-refractivity contribution < 1.29 is 14.9 Å². The number of aliphatic hydroxyl groups is 1. The number of aliphatic hydroxyl groups excluding tert-OH is 1. The van der Waals surface area contributed by atoms with E-state index in [9.17, 15) is 5.11 Å². The normalized spacial score (nSPS) is 56.1. The van der Waals surface area contributed by atoms with Gasteiger partial charge in [-0.3, -0.25) is 0 Å². The highest BCUT2D eigenvalue weighted by Gasteiger charge is 2.72. The van der Waals surface area contributed by atoms with Crippen LogP contribution in [-0.4, -0.2) is 22.4 Å². The van der Waals surface area contributed by atoms with E-state index >= 15 is 0 Å². The molecule has 33 heavy (non-hydrogen) atoms. The van der Waals surface area contributed by atoms with Gasteiger partial charge in [-0.05, 0) is 96.7 Å². The average Bonchev–Trinajstić information content (AvgIpc) is 3.33. The standard InChI is InChI=1S/C30H46O3/c1-18(2)20(4)27(6)17-23(27)19(3)22-8-9-24-26(22,5)12-11-25-28(7)13-10-21(31)16-29(28)14-15-30(24,25)33-32-29/h11,14-15,18-24,31H,8-10,12-13,16-17H2,1-7H3. The molecule has 2 aliphatic heterocycles. The highest BCUT2D eigenvalue weighted by atomic mass is 17.2. The number of hydrogen-bond donors (Lipinski definition) is 1. The van der Waals surface area contributed by atoms with Gasteiger partial charge in [0.15, 0.2) is 0 Å². The Morgan fingerprint density at radius 2 is 1.70 bits per heavy atom. The molecule has 11 atom stereocenters. The van der Waals surface area contributed by atoms with E-state index in [0.717, 1.165) is 42.4 Å². The molecular formula is C30H46O3. The van der Waals surface area contributed by atoms with Crippen molar-refractivity contribution in [1.29, 1.82) is 0 Å². The first-order valence-electron chi connectivity index (χ1n) is 13.9. The van der Waals surface area contributed by atoms with Crippen molar-refractivity contribution in [3.63, 3.8) is 0 Å². The van der Waals surface area contributed by atoms with Crippen molar-refractivity contribution in [3.8, 4) is 0 Å². The minimum Gasteiger partial charge on any atom is -0.393 e. The smallest absolute Gasteiger partial charge is 0.147 e. The van der Waals surface area contributed by atoms with Crippen molar-refractivity contribution in [2.45, 2.75) is 111 Å². The lowest BCUT2D eigenvalue weighted by Gasteiger charge is -2.66. The van der Waals surface area contributed by atoms with Crippen LogP contribution in [0.25, 0.3) is 0 Å². The number of fused-ring (bicyclic) bond motifs is 2. The maximum Gasteiger partial charge on any atom is 0.147 e. The minimum atomic E-state index is -0.500. The first-order valence-corrected chi connectivity index (χ1v) is 13.9. The highest BCUT2D eigenvalue weighted by Crippen LogP contribution is 2.73. The zero-order chi connectivity index (χ0) is 23.6. The zero-order valence-electron chi connectivity index (χ0n) is 22.0. The van der Waals surface area contributed by atoms with Gasteiger partial charge in [0, 0.05) is 17.8 Å². The monoisotopic (exact) mass is 454 g/mol. The van der Waals surface area contributed by atoms with Gasteiger partial charge in [0.1, 0.15) is 11.2 Å². The second kappa shape index (κ2) is 6.77. The van der Waals surface area contributed by atoms with Gasteiger partial charge in [0.2, 0.25) is 0 Å². The van der Waals surface area contributed by atoms with Crippen LogP contribution >= 0.6 is 0 Å². The fourth-order valence-electron chi connectivity index (χ4n) is 10.1. The molecule has 2 spiro atoms. The van der Waals surface area contributed by atoms with E-state index < -0.39 is 11.2 Å². The predicted molar refractivity (Wildman–Crippen MR) is 131 cm³/mol. The largest absolute Gasteiger partial charge is 0.393 e. The third-order valence-electron chi connectivity index (χ3n) is 12.7. The molecule has 2 heterocycles. The first-order chi connectivity index (χ1) is 15.4. The van der Waals surface area contributed by atoms with Gasteiger partial charge in [0.25, 0.3) is 0 Å². The second-order valence-corrected chi connectivity index (χ2v) is 14.2. The molecular weight excluding hydrogens is 408 g/mol. The van der Waals surface area contributed by atoms with Gasteiger partial charge in [-0.25, -0.2) is 9.78 Å². The lowest BCUT2D eigenvalue weighted by Crippen LogP contribution is -2.69. The molecule has 11 unspecified atom stereocenters. The van der Waals surface area contributed by atoms with Crippen LogP contribution in [0.4, 0.5) is 0 Å². The van der Waals surface area contributed by atoms with Crippen LogP contribution in [-0.2, 0) is 9.78 Å². The van der Waals surface area contributed by atoms with Crippen molar-refractivity contribution in [2.24, 2.45) is 51.8 Å². The quantitative estimate of drug-likeness (QED) is 0.372. The van der Waals surface area contributed by atoms with E-state index in [-0.39, 0.29) is 16.9 Å². The molecule has 0 radical (unpaired) electrons. The van der Waals surface area contributed by atoms with Gasteiger partial charge >= 0.3 is 0 Å². The summed E-state index contributed by atoms with van der Waals surface area (Å²) in [6, 6.07) is 0. The summed E-state index contributed by atoms with van der Waals surface area (Å²) in [5, 5.41) is 10.4. The minimum absolute atomic E-state index is 0.0635. The Bertz CT molecular complexity index is 906. The topological polar surface area (TPSA) is 38.7 Å². The summed E-state index contributed by atoms with van der Waals surface area (Å²) in [6.45, 7) is 17.4. The lowest BCUT2D eigenvalue weighted by atomic mass is 9.46. The number of hydrogen-bond acceptors (Lipinski definition) is 3. The third kappa shape index (κ3) is 2.63. The molecule has 4 fully saturated rings. The summed E-state index contributed by atoms with van der Waals surface area (Å²) in [4.78, 5) is 12.8. The van der Waals surface area contributed by atoms with E-state index in [2.05, 4.69) is 66.7 Å². The first kappa shape index (κ1) is 22.8. The molecule has 7 aliphatic rings. The fourth-order valence-corrected chi connectivity index (χ4v) is 10.1. The summed E-state index contributed by atoms with van der Waals surface area (Å²) in [5.74, 6) is 4.38. The highest BCUT2D eigenvalue weighted by molar-refractivity contribution is 5.48. The number of rotatable bonds is 4. The molecule has 0 amide bonds. The maximum atomic E-state index is 10.4. The lowest BCUT2D eigenvalue weighted by molar-refractivity contribution is -0.455. The van der Waals surface area contributed by atoms with Gasteiger partial charge in [0.05, 0.1) is 6.10 Å². The molecule has 5 aliphatic carbocycles. The summed E-state index contributed by atoms with van der Waals surface area (Å²) >= 11 is 0. The second-order valence-electron chi connectivity index (χ2n) is 14.2. The van der Waals surface area contributed by atoms with Crippen LogP contribution in [0.1, 0.15) is 93.4 Å². The Hall–Kier alpha value is -0.640. The van der Waals surface area contributed by atoms with Gasteiger partial charge in [-0.1, -0.05) is 54.5 Å². The third-order valence-corrected chi connectivity index (χ3v) is 12.7. The van der Waals surface area contributed by atoms with E-state index in [1.807, 2.05) is 0 Å². The van der Waals surface area contributed by atoms with E-state index in [1.165, 1.54) is 31.3 Å². The van der Waals surface area contributed by atoms with Gasteiger partial charge in [-0.2, -0.15) is 0 Å². The zero-order valence-corrected chi connectivity index (χ0v) is 22.0. The molecule has 3 heteroatoms. The molecule has 0 aromatic heterocycles. The molecule has 0 aromatic rings. The molecule has 1 N–H and O–H groups in total. The van der Waals surface area contributed by atoms with Crippen LogP contribution in [0, 0.1) is 51.8 Å². The molecule has 2 bridgehead atoms. The Morgan fingerprint density at radius 3 is 2.36 bits per heavy atom. The Kier molecular flexibility index (Phi) is 4.68. The number of allylic oxidation sites excluding steroid dienone is 1. The Labute approximate surface area is 201 Å². The van der Waals surface area contributed by atoms with Crippen molar-refractivity contribution in [1.82, 2.24) is 0 Å². The molecule has 3 nitrogen and oxygen atoms in total. The molecule has 3 saturated carbocycles. The van der Waals surface area contributed by atoms with Crippen LogP contribution in [0.2, 0.25) is 0 Å². The van der Waals surface area contributed by atoms with Gasteiger partial charge in [-0.15, -0.1) is 0 Å².